The van der Waals surface area contributed by atoms with Crippen molar-refractivity contribution in [2.24, 2.45) is 0 Å². The van der Waals surface area contributed by atoms with E-state index in [1.165, 1.54) is 11.8 Å². The van der Waals surface area contributed by atoms with Crippen LogP contribution in [-0.2, 0) is 4.74 Å². The Hall–Kier alpha value is -2.36. The summed E-state index contributed by atoms with van der Waals surface area (Å²) < 4.78 is 10.6. The molecule has 0 bridgehead atoms. The van der Waals surface area contributed by atoms with Gasteiger partial charge in [0.1, 0.15) is 5.75 Å². The Kier molecular flexibility index (Phi) is 4.35. The van der Waals surface area contributed by atoms with Gasteiger partial charge in [-0.2, -0.15) is 0 Å². The van der Waals surface area contributed by atoms with E-state index in [1.807, 2.05) is 32.0 Å². The number of ether oxygens (including phenoxy) is 2. The van der Waals surface area contributed by atoms with Crippen LogP contribution in [-0.4, -0.2) is 17.6 Å². The number of rotatable bonds is 4. The minimum Gasteiger partial charge on any atom is -0.462 e. The Balaban J connectivity index is 2.12. The van der Waals surface area contributed by atoms with Gasteiger partial charge < -0.3 is 9.47 Å². The minimum atomic E-state index is -0.377. The van der Waals surface area contributed by atoms with Crippen molar-refractivity contribution in [3.05, 3.63) is 53.2 Å². The third kappa shape index (κ3) is 3.35. The number of hydrogen-bond donors (Lipinski definition) is 0. The number of nitrogens with zero attached hydrogens (tertiary/aromatic N) is 1. The van der Waals surface area contributed by atoms with Crippen molar-refractivity contribution < 1.29 is 14.3 Å². The number of aromatic nitrogens is 1. The lowest BCUT2D eigenvalue weighted by molar-refractivity contribution is 0.0526. The fraction of sp³-hybridized carbons (Fsp3) is 0.250. The lowest BCUT2D eigenvalue weighted by Gasteiger charge is -2.08. The van der Waals surface area contributed by atoms with Gasteiger partial charge in [0.25, 0.3) is 0 Å². The van der Waals surface area contributed by atoms with Crippen LogP contribution in [0, 0.1) is 13.8 Å². The molecule has 0 N–H and O–H groups in total. The second kappa shape index (κ2) is 6.19. The third-order valence-corrected chi connectivity index (χ3v) is 2.79. The van der Waals surface area contributed by atoms with Crippen LogP contribution in [0.3, 0.4) is 0 Å². The van der Waals surface area contributed by atoms with Crippen LogP contribution in [0.25, 0.3) is 0 Å². The molecule has 0 aliphatic heterocycles. The maximum absolute atomic E-state index is 11.5. The fourth-order valence-electron chi connectivity index (χ4n) is 1.80. The monoisotopic (exact) mass is 271 g/mol. The quantitative estimate of drug-likeness (QED) is 0.796. The van der Waals surface area contributed by atoms with Gasteiger partial charge in [0, 0.05) is 12.3 Å². The Bertz CT molecular complexity index is 606. The molecule has 1 aromatic carbocycles. The van der Waals surface area contributed by atoms with E-state index in [1.54, 1.807) is 19.1 Å². The number of pyridine rings is 1. The topological polar surface area (TPSA) is 48.4 Å². The summed E-state index contributed by atoms with van der Waals surface area (Å²) in [6.45, 7) is 6.13. The summed E-state index contributed by atoms with van der Waals surface area (Å²) in [7, 11) is 0. The highest BCUT2D eigenvalue weighted by Crippen LogP contribution is 2.24. The molecule has 0 unspecified atom stereocenters. The van der Waals surface area contributed by atoms with Crippen molar-refractivity contribution in [2.75, 3.05) is 6.61 Å². The van der Waals surface area contributed by atoms with E-state index in [2.05, 4.69) is 4.98 Å². The SMILES string of the molecule is CCOC(=O)c1ccc(Oc2ccc(C)cc2C)nc1. The summed E-state index contributed by atoms with van der Waals surface area (Å²) >= 11 is 0. The maximum atomic E-state index is 11.5. The van der Waals surface area contributed by atoms with Crippen molar-refractivity contribution in [3.8, 4) is 11.6 Å². The zero-order chi connectivity index (χ0) is 14.5. The van der Waals surface area contributed by atoms with Gasteiger partial charge in [-0.1, -0.05) is 17.7 Å². The van der Waals surface area contributed by atoms with Gasteiger partial charge in [0.05, 0.1) is 12.2 Å². The van der Waals surface area contributed by atoms with E-state index >= 15 is 0 Å². The molecule has 0 saturated carbocycles. The van der Waals surface area contributed by atoms with Gasteiger partial charge in [0.2, 0.25) is 5.88 Å². The van der Waals surface area contributed by atoms with E-state index in [-0.39, 0.29) is 5.97 Å². The number of esters is 1. The molecular formula is C16H17NO3. The van der Waals surface area contributed by atoms with E-state index in [0.29, 0.717) is 18.1 Å². The van der Waals surface area contributed by atoms with E-state index < -0.39 is 0 Å². The first kappa shape index (κ1) is 14.1. The molecule has 20 heavy (non-hydrogen) atoms. The van der Waals surface area contributed by atoms with Crippen LogP contribution >= 0.6 is 0 Å². The number of hydrogen-bond acceptors (Lipinski definition) is 4. The van der Waals surface area contributed by atoms with E-state index in [0.717, 1.165) is 11.3 Å². The summed E-state index contributed by atoms with van der Waals surface area (Å²) in [5, 5.41) is 0. The van der Waals surface area contributed by atoms with Gasteiger partial charge in [-0.3, -0.25) is 0 Å². The number of benzene rings is 1. The highest BCUT2D eigenvalue weighted by Gasteiger charge is 2.08. The third-order valence-electron chi connectivity index (χ3n) is 2.79. The first-order valence-corrected chi connectivity index (χ1v) is 6.48. The summed E-state index contributed by atoms with van der Waals surface area (Å²) in [5.41, 5.74) is 2.64. The van der Waals surface area contributed by atoms with E-state index in [9.17, 15) is 4.79 Å². The molecule has 2 rings (SSSR count). The summed E-state index contributed by atoms with van der Waals surface area (Å²) in [4.78, 5) is 15.6. The second-order valence-corrected chi connectivity index (χ2v) is 4.48. The Morgan fingerprint density at radius 2 is 2.00 bits per heavy atom. The Labute approximate surface area is 118 Å². The zero-order valence-corrected chi connectivity index (χ0v) is 11.8. The molecular weight excluding hydrogens is 254 g/mol. The molecule has 4 nitrogen and oxygen atoms in total. The minimum absolute atomic E-state index is 0.347. The van der Waals surface area contributed by atoms with Gasteiger partial charge >= 0.3 is 5.97 Å². The molecule has 0 spiro atoms. The molecule has 104 valence electrons. The van der Waals surface area contributed by atoms with E-state index in [4.69, 9.17) is 9.47 Å². The maximum Gasteiger partial charge on any atom is 0.339 e. The molecule has 1 heterocycles. The second-order valence-electron chi connectivity index (χ2n) is 4.48. The molecule has 0 aliphatic rings. The summed E-state index contributed by atoms with van der Waals surface area (Å²) in [6.07, 6.45) is 1.46. The molecule has 0 aliphatic carbocycles. The predicted octanol–water partition coefficient (Wildman–Crippen LogP) is 3.67. The molecule has 2 aromatic rings. The van der Waals surface area contributed by atoms with Crippen LogP contribution < -0.4 is 4.74 Å². The molecule has 0 radical (unpaired) electrons. The molecule has 1 aromatic heterocycles. The van der Waals surface area contributed by atoms with Crippen molar-refractivity contribution >= 4 is 5.97 Å². The van der Waals surface area contributed by atoms with Crippen LogP contribution in [0.4, 0.5) is 0 Å². The predicted molar refractivity (Wildman–Crippen MR) is 76.2 cm³/mol. The largest absolute Gasteiger partial charge is 0.462 e. The number of carbonyl (C=O) groups excluding carboxylic acids is 1. The molecule has 0 amide bonds. The van der Waals surface area contributed by atoms with Crippen LogP contribution in [0.1, 0.15) is 28.4 Å². The first-order valence-electron chi connectivity index (χ1n) is 6.48. The lowest BCUT2D eigenvalue weighted by Crippen LogP contribution is -2.05. The highest BCUT2D eigenvalue weighted by atomic mass is 16.5. The van der Waals surface area contributed by atoms with Gasteiger partial charge in [-0.15, -0.1) is 0 Å². The Morgan fingerprint density at radius 1 is 1.20 bits per heavy atom. The van der Waals surface area contributed by atoms with Crippen molar-refractivity contribution in [2.45, 2.75) is 20.8 Å². The van der Waals surface area contributed by atoms with Gasteiger partial charge in [-0.05, 0) is 38.5 Å². The Morgan fingerprint density at radius 3 is 2.60 bits per heavy atom. The first-order chi connectivity index (χ1) is 9.60. The molecule has 4 heteroatoms. The summed E-state index contributed by atoms with van der Waals surface area (Å²) in [5.74, 6) is 0.829. The standard InChI is InChI=1S/C16H17NO3/c1-4-19-16(18)13-6-8-15(17-10-13)20-14-7-5-11(2)9-12(14)3/h5-10H,4H2,1-3H3. The van der Waals surface area contributed by atoms with Crippen molar-refractivity contribution in [3.63, 3.8) is 0 Å². The van der Waals surface area contributed by atoms with Crippen LogP contribution in [0.2, 0.25) is 0 Å². The normalized spacial score (nSPS) is 10.2. The number of aryl methyl sites for hydroxylation is 2. The number of carbonyl (C=O) groups is 1. The summed E-state index contributed by atoms with van der Waals surface area (Å²) in [6, 6.07) is 9.23. The lowest BCUT2D eigenvalue weighted by atomic mass is 10.1. The van der Waals surface area contributed by atoms with Crippen molar-refractivity contribution in [1.82, 2.24) is 4.98 Å². The average Bonchev–Trinajstić information content (AvgIpc) is 2.43. The van der Waals surface area contributed by atoms with Crippen LogP contribution in [0.5, 0.6) is 11.6 Å². The fourth-order valence-corrected chi connectivity index (χ4v) is 1.80. The smallest absolute Gasteiger partial charge is 0.339 e. The molecule has 0 saturated heterocycles. The van der Waals surface area contributed by atoms with Gasteiger partial charge in [-0.25, -0.2) is 9.78 Å². The molecule has 0 fully saturated rings. The zero-order valence-electron chi connectivity index (χ0n) is 11.8. The van der Waals surface area contributed by atoms with Crippen molar-refractivity contribution in [1.29, 1.82) is 0 Å². The van der Waals surface area contributed by atoms with Crippen LogP contribution in [0.15, 0.2) is 36.5 Å². The van der Waals surface area contributed by atoms with Gasteiger partial charge in [0.15, 0.2) is 0 Å². The average molecular weight is 271 g/mol. The highest BCUT2D eigenvalue weighted by molar-refractivity contribution is 5.89. The molecule has 0 atom stereocenters.